The first kappa shape index (κ1) is 10.0. The van der Waals surface area contributed by atoms with E-state index in [2.05, 4.69) is 17.9 Å². The molecule has 0 unspecified atom stereocenters. The molecule has 15 heavy (non-hydrogen) atoms. The van der Waals surface area contributed by atoms with Crippen molar-refractivity contribution in [1.82, 2.24) is 0 Å². The van der Waals surface area contributed by atoms with E-state index in [0.29, 0.717) is 18.6 Å². The van der Waals surface area contributed by atoms with Crippen LogP contribution in [0.25, 0.3) is 0 Å². The average molecular weight is 206 g/mol. The maximum absolute atomic E-state index is 11.0. The Hall–Kier alpha value is -1.51. The Bertz CT molecular complexity index is 371. The van der Waals surface area contributed by atoms with Crippen molar-refractivity contribution in [2.45, 2.75) is 32.6 Å². The van der Waals surface area contributed by atoms with Gasteiger partial charge in [0.05, 0.1) is 6.42 Å². The molecule has 0 saturated heterocycles. The SMILES string of the molecule is CCCc1ccc2c(c1)CCC(=O)OO2. The third kappa shape index (κ3) is 2.29. The van der Waals surface area contributed by atoms with Crippen molar-refractivity contribution in [2.75, 3.05) is 0 Å². The van der Waals surface area contributed by atoms with Crippen molar-refractivity contribution in [1.29, 1.82) is 0 Å². The summed E-state index contributed by atoms with van der Waals surface area (Å²) < 4.78 is 0. The van der Waals surface area contributed by atoms with Gasteiger partial charge in [0.15, 0.2) is 5.75 Å². The van der Waals surface area contributed by atoms with E-state index in [9.17, 15) is 4.79 Å². The van der Waals surface area contributed by atoms with E-state index in [-0.39, 0.29) is 5.97 Å². The molecule has 0 aliphatic carbocycles. The summed E-state index contributed by atoms with van der Waals surface area (Å²) >= 11 is 0. The number of rotatable bonds is 2. The molecule has 0 amide bonds. The van der Waals surface area contributed by atoms with Crippen LogP contribution < -0.4 is 4.89 Å². The van der Waals surface area contributed by atoms with E-state index in [1.165, 1.54) is 5.56 Å². The van der Waals surface area contributed by atoms with Gasteiger partial charge in [-0.05, 0) is 24.5 Å². The van der Waals surface area contributed by atoms with Crippen LogP contribution in [0.15, 0.2) is 18.2 Å². The fraction of sp³-hybridized carbons (Fsp3) is 0.417. The largest absolute Gasteiger partial charge is 0.355 e. The summed E-state index contributed by atoms with van der Waals surface area (Å²) in [7, 11) is 0. The molecule has 1 aromatic rings. The highest BCUT2D eigenvalue weighted by atomic mass is 17.2. The number of aryl methyl sites for hydroxylation is 2. The van der Waals surface area contributed by atoms with Crippen molar-refractivity contribution in [3.05, 3.63) is 29.3 Å². The Balaban J connectivity index is 2.24. The monoisotopic (exact) mass is 206 g/mol. The molecule has 1 aliphatic heterocycles. The fourth-order valence-electron chi connectivity index (χ4n) is 1.72. The predicted octanol–water partition coefficient (Wildman–Crippen LogP) is 2.42. The molecule has 0 bridgehead atoms. The highest BCUT2D eigenvalue weighted by Crippen LogP contribution is 2.25. The molecule has 3 heteroatoms. The van der Waals surface area contributed by atoms with Crippen LogP contribution in [0.5, 0.6) is 5.75 Å². The molecule has 0 saturated carbocycles. The second-order valence-electron chi connectivity index (χ2n) is 3.73. The maximum atomic E-state index is 11.0. The van der Waals surface area contributed by atoms with Gasteiger partial charge in [0.25, 0.3) is 0 Å². The van der Waals surface area contributed by atoms with Gasteiger partial charge < -0.3 is 0 Å². The van der Waals surface area contributed by atoms with Crippen molar-refractivity contribution >= 4 is 5.97 Å². The van der Waals surface area contributed by atoms with Crippen LogP contribution in [0.1, 0.15) is 30.9 Å². The van der Waals surface area contributed by atoms with Gasteiger partial charge in [0, 0.05) is 5.56 Å². The second-order valence-corrected chi connectivity index (χ2v) is 3.73. The molecule has 0 spiro atoms. The number of carbonyl (C=O) groups is 1. The zero-order valence-corrected chi connectivity index (χ0v) is 8.79. The van der Waals surface area contributed by atoms with Gasteiger partial charge >= 0.3 is 5.97 Å². The molecule has 1 heterocycles. The topological polar surface area (TPSA) is 35.5 Å². The quantitative estimate of drug-likeness (QED) is 0.697. The third-order valence-corrected chi connectivity index (χ3v) is 2.49. The van der Waals surface area contributed by atoms with E-state index in [1.807, 2.05) is 12.1 Å². The van der Waals surface area contributed by atoms with E-state index in [4.69, 9.17) is 4.89 Å². The molecule has 0 aromatic heterocycles. The van der Waals surface area contributed by atoms with Gasteiger partial charge in [-0.2, -0.15) is 0 Å². The second kappa shape index (κ2) is 4.34. The first-order chi connectivity index (χ1) is 7.29. The summed E-state index contributed by atoms with van der Waals surface area (Å²) in [5, 5.41) is 0. The van der Waals surface area contributed by atoms with Gasteiger partial charge in [-0.1, -0.05) is 25.5 Å². The highest BCUT2D eigenvalue weighted by Gasteiger charge is 2.16. The smallest absolute Gasteiger partial charge is 0.287 e. The van der Waals surface area contributed by atoms with Gasteiger partial charge in [-0.15, -0.1) is 0 Å². The van der Waals surface area contributed by atoms with Gasteiger partial charge in [0.1, 0.15) is 0 Å². The van der Waals surface area contributed by atoms with Crippen molar-refractivity contribution < 1.29 is 14.6 Å². The van der Waals surface area contributed by atoms with Crippen LogP contribution in [-0.4, -0.2) is 5.97 Å². The Labute approximate surface area is 88.9 Å². The molecule has 1 aliphatic rings. The summed E-state index contributed by atoms with van der Waals surface area (Å²) in [6, 6.07) is 5.99. The molecule has 0 N–H and O–H groups in total. The maximum Gasteiger partial charge on any atom is 0.355 e. The molecule has 80 valence electrons. The molecule has 0 atom stereocenters. The van der Waals surface area contributed by atoms with Crippen LogP contribution in [-0.2, 0) is 22.5 Å². The minimum atomic E-state index is -0.303. The third-order valence-electron chi connectivity index (χ3n) is 2.49. The average Bonchev–Trinajstić information content (AvgIpc) is 2.42. The summed E-state index contributed by atoms with van der Waals surface area (Å²) in [5.41, 5.74) is 2.35. The van der Waals surface area contributed by atoms with E-state index >= 15 is 0 Å². The van der Waals surface area contributed by atoms with Crippen LogP contribution >= 0.6 is 0 Å². The molecule has 3 nitrogen and oxygen atoms in total. The number of carbonyl (C=O) groups excluding carboxylic acids is 1. The lowest BCUT2D eigenvalue weighted by molar-refractivity contribution is -0.211. The lowest BCUT2D eigenvalue weighted by atomic mass is 10.0. The summed E-state index contributed by atoms with van der Waals surface area (Å²) in [4.78, 5) is 20.5. The molecule has 2 rings (SSSR count). The van der Waals surface area contributed by atoms with Gasteiger partial charge in [0.2, 0.25) is 0 Å². The standard InChI is InChI=1S/C12H14O3/c1-2-3-9-4-6-11-10(8-9)5-7-12(13)15-14-11/h4,6,8H,2-3,5,7H2,1H3. The Morgan fingerprint density at radius 2 is 2.13 bits per heavy atom. The number of fused-ring (bicyclic) bond motifs is 1. The van der Waals surface area contributed by atoms with E-state index < -0.39 is 0 Å². The van der Waals surface area contributed by atoms with Crippen LogP contribution in [0, 0.1) is 0 Å². The van der Waals surface area contributed by atoms with Crippen molar-refractivity contribution in [3.8, 4) is 5.75 Å². The minimum absolute atomic E-state index is 0.303. The zero-order valence-electron chi connectivity index (χ0n) is 8.79. The predicted molar refractivity (Wildman–Crippen MR) is 55.5 cm³/mol. The van der Waals surface area contributed by atoms with Gasteiger partial charge in [-0.25, -0.2) is 4.79 Å². The first-order valence-corrected chi connectivity index (χ1v) is 5.28. The van der Waals surface area contributed by atoms with E-state index in [1.54, 1.807) is 0 Å². The molecule has 0 radical (unpaired) electrons. The summed E-state index contributed by atoms with van der Waals surface area (Å²) in [5.74, 6) is 0.365. The van der Waals surface area contributed by atoms with Crippen LogP contribution in [0.4, 0.5) is 0 Å². The Kier molecular flexibility index (Phi) is 2.90. The molecule has 0 fully saturated rings. The molecular weight excluding hydrogens is 192 g/mol. The zero-order chi connectivity index (χ0) is 10.7. The van der Waals surface area contributed by atoms with Crippen molar-refractivity contribution in [2.24, 2.45) is 0 Å². The number of hydrogen-bond acceptors (Lipinski definition) is 3. The first-order valence-electron chi connectivity index (χ1n) is 5.28. The molecule has 1 aromatic carbocycles. The van der Waals surface area contributed by atoms with E-state index in [0.717, 1.165) is 18.4 Å². The molecular formula is C12H14O3. The highest BCUT2D eigenvalue weighted by molar-refractivity contribution is 5.70. The normalized spacial score (nSPS) is 14.9. The lowest BCUT2D eigenvalue weighted by Gasteiger charge is -2.06. The fourth-order valence-corrected chi connectivity index (χ4v) is 1.72. The van der Waals surface area contributed by atoms with Crippen LogP contribution in [0.3, 0.4) is 0 Å². The van der Waals surface area contributed by atoms with Gasteiger partial charge in [-0.3, -0.25) is 9.78 Å². The summed E-state index contributed by atoms with van der Waals surface area (Å²) in [6.07, 6.45) is 3.27. The van der Waals surface area contributed by atoms with Crippen LogP contribution in [0.2, 0.25) is 0 Å². The Morgan fingerprint density at radius 3 is 2.93 bits per heavy atom. The minimum Gasteiger partial charge on any atom is -0.287 e. The lowest BCUT2D eigenvalue weighted by Crippen LogP contribution is -2.04. The Morgan fingerprint density at radius 1 is 1.27 bits per heavy atom. The number of benzene rings is 1. The number of hydrogen-bond donors (Lipinski definition) is 0. The summed E-state index contributed by atoms with van der Waals surface area (Å²) in [6.45, 7) is 2.15. The van der Waals surface area contributed by atoms with Crippen molar-refractivity contribution in [3.63, 3.8) is 0 Å².